The van der Waals surface area contributed by atoms with Crippen LogP contribution in [0.25, 0.3) is 0 Å². The molecule has 0 spiro atoms. The standard InChI is InChI=1S/C18H25N3O2S/c1-11-6-5-8-14(12(11)2)19-18(24)21-20-17(22)16-10-13-7-3-4-9-15(13)23-16/h3-4,7,9,11-12,14,16H,5-6,8,10H2,1-2H3,(H,20,22)(H2,19,21,24)/t11-,12-,14+,16+/m1/s1. The molecule has 1 fully saturated rings. The highest BCUT2D eigenvalue weighted by Gasteiger charge is 2.30. The van der Waals surface area contributed by atoms with Gasteiger partial charge in [0.15, 0.2) is 11.2 Å². The molecule has 3 N–H and O–H groups in total. The molecule has 1 saturated carbocycles. The number of carbonyl (C=O) groups excluding carboxylic acids is 1. The van der Waals surface area contributed by atoms with Crippen LogP contribution in [0.4, 0.5) is 0 Å². The third kappa shape index (κ3) is 3.80. The summed E-state index contributed by atoms with van der Waals surface area (Å²) in [5.74, 6) is 1.84. The van der Waals surface area contributed by atoms with Crippen LogP contribution in [0.15, 0.2) is 24.3 Å². The molecule has 1 heterocycles. The Labute approximate surface area is 148 Å². The zero-order valence-electron chi connectivity index (χ0n) is 14.2. The van der Waals surface area contributed by atoms with Gasteiger partial charge in [-0.25, -0.2) is 0 Å². The molecule has 1 aromatic rings. The first kappa shape index (κ1) is 17.0. The molecule has 1 aliphatic heterocycles. The Morgan fingerprint density at radius 2 is 2.00 bits per heavy atom. The van der Waals surface area contributed by atoms with Crippen LogP contribution in [0.2, 0.25) is 0 Å². The lowest BCUT2D eigenvalue weighted by Gasteiger charge is -2.35. The number of para-hydroxylation sites is 1. The Morgan fingerprint density at radius 3 is 2.79 bits per heavy atom. The van der Waals surface area contributed by atoms with E-state index in [-0.39, 0.29) is 5.91 Å². The van der Waals surface area contributed by atoms with E-state index < -0.39 is 6.10 Å². The van der Waals surface area contributed by atoms with Gasteiger partial charge in [-0.3, -0.25) is 15.6 Å². The average Bonchev–Trinajstić information content (AvgIpc) is 3.01. The summed E-state index contributed by atoms with van der Waals surface area (Å²) >= 11 is 5.31. The number of amides is 1. The van der Waals surface area contributed by atoms with Gasteiger partial charge in [0.05, 0.1) is 0 Å². The van der Waals surface area contributed by atoms with Crippen molar-refractivity contribution in [2.75, 3.05) is 0 Å². The van der Waals surface area contributed by atoms with E-state index in [2.05, 4.69) is 30.0 Å². The number of hydrogen-bond acceptors (Lipinski definition) is 3. The third-order valence-electron chi connectivity index (χ3n) is 5.26. The van der Waals surface area contributed by atoms with Gasteiger partial charge in [0.2, 0.25) is 0 Å². The molecule has 1 aliphatic carbocycles. The first-order valence-electron chi connectivity index (χ1n) is 8.65. The highest BCUT2D eigenvalue weighted by molar-refractivity contribution is 7.80. The van der Waals surface area contributed by atoms with E-state index in [0.29, 0.717) is 29.4 Å². The number of benzene rings is 1. The zero-order valence-corrected chi connectivity index (χ0v) is 15.0. The van der Waals surface area contributed by atoms with Gasteiger partial charge in [0.1, 0.15) is 5.75 Å². The molecular weight excluding hydrogens is 322 g/mol. The lowest BCUT2D eigenvalue weighted by Crippen LogP contribution is -2.54. The van der Waals surface area contributed by atoms with Crippen molar-refractivity contribution >= 4 is 23.2 Å². The number of hydrazine groups is 1. The van der Waals surface area contributed by atoms with Gasteiger partial charge in [-0.15, -0.1) is 0 Å². The Kier molecular flexibility index (Phi) is 5.23. The first-order valence-corrected chi connectivity index (χ1v) is 9.06. The van der Waals surface area contributed by atoms with Crippen molar-refractivity contribution in [2.24, 2.45) is 11.8 Å². The van der Waals surface area contributed by atoms with Crippen molar-refractivity contribution in [2.45, 2.75) is 51.7 Å². The lowest BCUT2D eigenvalue weighted by molar-refractivity contribution is -0.127. The first-order chi connectivity index (χ1) is 11.5. The Morgan fingerprint density at radius 1 is 1.21 bits per heavy atom. The Bertz CT molecular complexity index is 597. The summed E-state index contributed by atoms with van der Waals surface area (Å²) in [6, 6.07) is 8.08. The van der Waals surface area contributed by atoms with Crippen LogP contribution in [-0.2, 0) is 11.2 Å². The van der Waals surface area contributed by atoms with Crippen LogP contribution < -0.4 is 20.9 Å². The molecule has 1 aromatic carbocycles. The normalized spacial score (nSPS) is 28.4. The minimum Gasteiger partial charge on any atom is -0.480 e. The molecular formula is C18H25N3O2S. The quantitative estimate of drug-likeness (QED) is 0.566. The van der Waals surface area contributed by atoms with Crippen LogP contribution in [0.3, 0.4) is 0 Å². The second kappa shape index (κ2) is 7.38. The van der Waals surface area contributed by atoms with E-state index in [1.807, 2.05) is 24.3 Å². The van der Waals surface area contributed by atoms with Crippen molar-refractivity contribution in [3.63, 3.8) is 0 Å². The molecule has 3 rings (SSSR count). The molecule has 2 aliphatic rings. The molecule has 0 bridgehead atoms. The number of carbonyl (C=O) groups is 1. The molecule has 0 saturated heterocycles. The fourth-order valence-corrected chi connectivity index (χ4v) is 3.72. The van der Waals surface area contributed by atoms with Gasteiger partial charge in [-0.1, -0.05) is 44.9 Å². The van der Waals surface area contributed by atoms with Crippen molar-refractivity contribution < 1.29 is 9.53 Å². The predicted molar refractivity (Wildman–Crippen MR) is 97.5 cm³/mol. The summed E-state index contributed by atoms with van der Waals surface area (Å²) in [6.07, 6.45) is 3.68. The Hall–Kier alpha value is -1.82. The molecule has 24 heavy (non-hydrogen) atoms. The fourth-order valence-electron chi connectivity index (χ4n) is 3.52. The maximum Gasteiger partial charge on any atom is 0.279 e. The summed E-state index contributed by atoms with van der Waals surface area (Å²) in [6.45, 7) is 4.54. The SMILES string of the molecule is C[C@@H]1[C@H](C)CCC[C@@H]1NC(=S)NNC(=O)[C@@H]1Cc2ccccc2O1. The van der Waals surface area contributed by atoms with E-state index in [0.717, 1.165) is 17.7 Å². The molecule has 6 heteroatoms. The fraction of sp³-hybridized carbons (Fsp3) is 0.556. The van der Waals surface area contributed by atoms with E-state index in [1.54, 1.807) is 0 Å². The predicted octanol–water partition coefficient (Wildman–Crippen LogP) is 2.31. The molecule has 5 nitrogen and oxygen atoms in total. The van der Waals surface area contributed by atoms with Crippen molar-refractivity contribution in [1.82, 2.24) is 16.2 Å². The van der Waals surface area contributed by atoms with Crippen LogP contribution in [-0.4, -0.2) is 23.2 Å². The maximum atomic E-state index is 12.2. The smallest absolute Gasteiger partial charge is 0.279 e. The summed E-state index contributed by atoms with van der Waals surface area (Å²) in [5, 5.41) is 3.79. The molecule has 0 aromatic heterocycles. The molecule has 4 atom stereocenters. The number of thiocarbonyl (C=S) groups is 1. The molecule has 0 radical (unpaired) electrons. The van der Waals surface area contributed by atoms with Gasteiger partial charge >= 0.3 is 0 Å². The minimum absolute atomic E-state index is 0.208. The monoisotopic (exact) mass is 347 g/mol. The van der Waals surface area contributed by atoms with Crippen LogP contribution in [0, 0.1) is 11.8 Å². The summed E-state index contributed by atoms with van der Waals surface area (Å²) in [5.41, 5.74) is 6.53. The molecule has 1 amide bonds. The van der Waals surface area contributed by atoms with Gasteiger partial charge < -0.3 is 10.1 Å². The summed E-state index contributed by atoms with van der Waals surface area (Å²) < 4.78 is 5.67. The molecule has 0 unspecified atom stereocenters. The van der Waals surface area contributed by atoms with Crippen LogP contribution in [0.5, 0.6) is 5.75 Å². The van der Waals surface area contributed by atoms with Crippen molar-refractivity contribution in [3.05, 3.63) is 29.8 Å². The van der Waals surface area contributed by atoms with Crippen molar-refractivity contribution in [3.8, 4) is 5.75 Å². The van der Waals surface area contributed by atoms with Gasteiger partial charge in [0, 0.05) is 12.5 Å². The highest BCUT2D eigenvalue weighted by Crippen LogP contribution is 2.29. The van der Waals surface area contributed by atoms with E-state index in [9.17, 15) is 4.79 Å². The van der Waals surface area contributed by atoms with E-state index in [1.165, 1.54) is 12.8 Å². The van der Waals surface area contributed by atoms with Crippen LogP contribution in [0.1, 0.15) is 38.7 Å². The zero-order chi connectivity index (χ0) is 17.1. The van der Waals surface area contributed by atoms with Gasteiger partial charge in [-0.05, 0) is 42.1 Å². The third-order valence-corrected chi connectivity index (χ3v) is 5.48. The number of rotatable bonds is 2. The Balaban J connectivity index is 1.44. The number of ether oxygens (including phenoxy) is 1. The minimum atomic E-state index is -0.508. The maximum absolute atomic E-state index is 12.2. The largest absolute Gasteiger partial charge is 0.480 e. The van der Waals surface area contributed by atoms with Crippen LogP contribution >= 0.6 is 12.2 Å². The number of fused-ring (bicyclic) bond motifs is 1. The second-order valence-corrected chi connectivity index (χ2v) is 7.29. The van der Waals surface area contributed by atoms with E-state index >= 15 is 0 Å². The summed E-state index contributed by atoms with van der Waals surface area (Å²) in [7, 11) is 0. The highest BCUT2D eigenvalue weighted by atomic mass is 32.1. The lowest BCUT2D eigenvalue weighted by atomic mass is 9.78. The van der Waals surface area contributed by atoms with Crippen molar-refractivity contribution in [1.29, 1.82) is 0 Å². The van der Waals surface area contributed by atoms with Gasteiger partial charge in [0.25, 0.3) is 5.91 Å². The van der Waals surface area contributed by atoms with Gasteiger partial charge in [-0.2, -0.15) is 0 Å². The summed E-state index contributed by atoms with van der Waals surface area (Å²) in [4.78, 5) is 12.2. The number of nitrogens with one attached hydrogen (secondary N) is 3. The van der Waals surface area contributed by atoms with E-state index in [4.69, 9.17) is 17.0 Å². The number of hydrogen-bond donors (Lipinski definition) is 3. The average molecular weight is 347 g/mol. The second-order valence-electron chi connectivity index (χ2n) is 6.88. The topological polar surface area (TPSA) is 62.4 Å². The molecule has 130 valence electrons.